The standard InChI is InChI=1S/C33H34FN3O2/c1-22-6-9-24(10-7-22)25-12-14-33(15-13-25)16-18-37(19-17-33)32(39)28-20-23(8-11-29(28)34)21-30-26-4-2-3-5-27(26)31(38)36-35-30/h2-11,20,25H,12-19,21H2,1H3,(H,36,38). The Kier molecular flexibility index (Phi) is 6.79. The van der Waals surface area contributed by atoms with E-state index in [0.717, 1.165) is 23.8 Å². The second kappa shape index (κ2) is 10.4. The van der Waals surface area contributed by atoms with Crippen LogP contribution in [0.4, 0.5) is 4.39 Å². The Morgan fingerprint density at radius 3 is 2.38 bits per heavy atom. The lowest BCUT2D eigenvalue weighted by molar-refractivity contribution is 0.0445. The van der Waals surface area contributed by atoms with Gasteiger partial charge in [-0.15, -0.1) is 0 Å². The number of halogens is 1. The van der Waals surface area contributed by atoms with Crippen molar-refractivity contribution in [2.45, 2.75) is 57.8 Å². The molecule has 2 fully saturated rings. The number of hydrogen-bond acceptors (Lipinski definition) is 3. The molecule has 3 aromatic carbocycles. The summed E-state index contributed by atoms with van der Waals surface area (Å²) in [6.07, 6.45) is 7.13. The maximum Gasteiger partial charge on any atom is 0.272 e. The number of aromatic nitrogens is 2. The van der Waals surface area contributed by atoms with Crippen molar-refractivity contribution in [1.29, 1.82) is 0 Å². The average Bonchev–Trinajstić information content (AvgIpc) is 2.97. The van der Waals surface area contributed by atoms with E-state index in [9.17, 15) is 14.0 Å². The molecule has 1 amide bonds. The minimum absolute atomic E-state index is 0.111. The summed E-state index contributed by atoms with van der Waals surface area (Å²) in [6.45, 7) is 3.47. The molecule has 2 aliphatic rings. The molecule has 4 aromatic rings. The van der Waals surface area contributed by atoms with Crippen LogP contribution in [0.2, 0.25) is 0 Å². The number of carbonyl (C=O) groups excluding carboxylic acids is 1. The van der Waals surface area contributed by atoms with Gasteiger partial charge in [-0.05, 0) is 86.1 Å². The van der Waals surface area contributed by atoms with Gasteiger partial charge in [0.1, 0.15) is 5.82 Å². The number of benzene rings is 3. The van der Waals surface area contributed by atoms with Crippen LogP contribution in [0.25, 0.3) is 10.8 Å². The first-order valence-electron chi connectivity index (χ1n) is 14.0. The smallest absolute Gasteiger partial charge is 0.272 e. The van der Waals surface area contributed by atoms with Crippen molar-refractivity contribution in [3.8, 4) is 0 Å². The lowest BCUT2D eigenvalue weighted by Gasteiger charge is -2.46. The summed E-state index contributed by atoms with van der Waals surface area (Å²) in [7, 11) is 0. The number of fused-ring (bicyclic) bond motifs is 1. The molecule has 1 aliphatic heterocycles. The number of likely N-dealkylation sites (tertiary alicyclic amines) is 1. The van der Waals surface area contributed by atoms with Crippen molar-refractivity contribution in [2.24, 2.45) is 5.41 Å². The minimum Gasteiger partial charge on any atom is -0.339 e. The van der Waals surface area contributed by atoms with Crippen LogP contribution in [0.3, 0.4) is 0 Å². The van der Waals surface area contributed by atoms with E-state index in [1.807, 2.05) is 23.1 Å². The van der Waals surface area contributed by atoms with E-state index in [-0.39, 0.29) is 17.0 Å². The van der Waals surface area contributed by atoms with Crippen LogP contribution in [-0.4, -0.2) is 34.1 Å². The summed E-state index contributed by atoms with van der Waals surface area (Å²) in [5.41, 5.74) is 4.39. The number of H-pyrrole nitrogens is 1. The molecule has 1 saturated carbocycles. The van der Waals surface area contributed by atoms with E-state index in [1.165, 1.54) is 42.9 Å². The zero-order valence-electron chi connectivity index (χ0n) is 22.4. The molecule has 2 heterocycles. The van der Waals surface area contributed by atoms with E-state index < -0.39 is 5.82 Å². The van der Waals surface area contributed by atoms with Gasteiger partial charge in [-0.3, -0.25) is 9.59 Å². The lowest BCUT2D eigenvalue weighted by atomic mass is 9.64. The highest BCUT2D eigenvalue weighted by Crippen LogP contribution is 2.49. The third-order valence-corrected chi connectivity index (χ3v) is 9.11. The number of piperidine rings is 1. The minimum atomic E-state index is -0.498. The normalized spacial score (nSPS) is 17.5. The maximum atomic E-state index is 14.9. The lowest BCUT2D eigenvalue weighted by Crippen LogP contribution is -2.44. The second-order valence-corrected chi connectivity index (χ2v) is 11.5. The highest BCUT2D eigenvalue weighted by Gasteiger charge is 2.39. The Morgan fingerprint density at radius 1 is 0.974 bits per heavy atom. The van der Waals surface area contributed by atoms with Gasteiger partial charge in [0.2, 0.25) is 0 Å². The van der Waals surface area contributed by atoms with Gasteiger partial charge in [-0.2, -0.15) is 5.10 Å². The van der Waals surface area contributed by atoms with E-state index >= 15 is 0 Å². The molecule has 39 heavy (non-hydrogen) atoms. The number of nitrogens with zero attached hydrogens (tertiary/aromatic N) is 2. The molecule has 0 unspecified atom stereocenters. The molecule has 1 N–H and O–H groups in total. The number of hydrogen-bond donors (Lipinski definition) is 1. The van der Waals surface area contributed by atoms with E-state index in [2.05, 4.69) is 41.4 Å². The predicted molar refractivity (Wildman–Crippen MR) is 152 cm³/mol. The van der Waals surface area contributed by atoms with Gasteiger partial charge in [-0.25, -0.2) is 9.49 Å². The van der Waals surface area contributed by atoms with Crippen LogP contribution in [0.5, 0.6) is 0 Å². The van der Waals surface area contributed by atoms with E-state index in [1.54, 1.807) is 18.2 Å². The Morgan fingerprint density at radius 2 is 1.67 bits per heavy atom. The number of aromatic amines is 1. The molecule has 6 heteroatoms. The van der Waals surface area contributed by atoms with E-state index in [4.69, 9.17) is 0 Å². The van der Waals surface area contributed by atoms with Crippen LogP contribution in [-0.2, 0) is 6.42 Å². The second-order valence-electron chi connectivity index (χ2n) is 11.5. The van der Waals surface area contributed by atoms with Gasteiger partial charge in [0.15, 0.2) is 0 Å². The van der Waals surface area contributed by atoms with Crippen molar-refractivity contribution in [2.75, 3.05) is 13.1 Å². The van der Waals surface area contributed by atoms with Gasteiger partial charge in [0.25, 0.3) is 11.5 Å². The number of nitrogens with one attached hydrogen (secondary N) is 1. The largest absolute Gasteiger partial charge is 0.339 e. The Bertz CT molecular complexity index is 1560. The van der Waals surface area contributed by atoms with Crippen molar-refractivity contribution in [3.05, 3.63) is 111 Å². The van der Waals surface area contributed by atoms with Crippen molar-refractivity contribution >= 4 is 16.7 Å². The first kappa shape index (κ1) is 25.5. The monoisotopic (exact) mass is 523 g/mol. The van der Waals surface area contributed by atoms with Crippen LogP contribution in [0.1, 0.15) is 77.2 Å². The first-order valence-corrected chi connectivity index (χ1v) is 14.0. The molecule has 1 saturated heterocycles. The van der Waals surface area contributed by atoms with Gasteiger partial charge in [0.05, 0.1) is 16.6 Å². The average molecular weight is 524 g/mol. The molecular weight excluding hydrogens is 489 g/mol. The zero-order chi connectivity index (χ0) is 27.0. The summed E-state index contributed by atoms with van der Waals surface area (Å²) in [5.74, 6) is -0.111. The fourth-order valence-electron chi connectivity index (χ4n) is 6.60. The summed E-state index contributed by atoms with van der Waals surface area (Å²) >= 11 is 0. The van der Waals surface area contributed by atoms with Gasteiger partial charge < -0.3 is 4.90 Å². The summed E-state index contributed by atoms with van der Waals surface area (Å²) in [6, 6.07) is 21.0. The summed E-state index contributed by atoms with van der Waals surface area (Å²) < 4.78 is 14.9. The van der Waals surface area contributed by atoms with Crippen LogP contribution in [0.15, 0.2) is 71.5 Å². The maximum absolute atomic E-state index is 14.9. The van der Waals surface area contributed by atoms with Crippen molar-refractivity contribution in [3.63, 3.8) is 0 Å². The fourth-order valence-corrected chi connectivity index (χ4v) is 6.60. The zero-order valence-corrected chi connectivity index (χ0v) is 22.4. The third-order valence-electron chi connectivity index (χ3n) is 9.11. The number of carbonyl (C=O) groups is 1. The molecule has 0 bridgehead atoms. The Hall–Kier alpha value is -3.80. The molecule has 5 nitrogen and oxygen atoms in total. The van der Waals surface area contributed by atoms with Crippen LogP contribution in [0, 0.1) is 18.2 Å². The number of rotatable bonds is 4. The van der Waals surface area contributed by atoms with Crippen LogP contribution >= 0.6 is 0 Å². The molecule has 1 aromatic heterocycles. The number of amides is 1. The predicted octanol–water partition coefficient (Wildman–Crippen LogP) is 6.54. The van der Waals surface area contributed by atoms with Crippen LogP contribution < -0.4 is 5.56 Å². The van der Waals surface area contributed by atoms with E-state index in [0.29, 0.717) is 41.9 Å². The SMILES string of the molecule is Cc1ccc(C2CCC3(CC2)CCN(C(=O)c2cc(Cc4n[nH]c(=O)c5ccccc45)ccc2F)CC3)cc1. The molecule has 0 atom stereocenters. The van der Waals surface area contributed by atoms with Crippen molar-refractivity contribution in [1.82, 2.24) is 15.1 Å². The third kappa shape index (κ3) is 5.12. The Balaban J connectivity index is 1.12. The molecular formula is C33H34FN3O2. The van der Waals surface area contributed by atoms with Gasteiger partial charge in [-0.1, -0.05) is 54.1 Å². The van der Waals surface area contributed by atoms with Gasteiger partial charge >= 0.3 is 0 Å². The topological polar surface area (TPSA) is 66.1 Å². The molecule has 200 valence electrons. The molecule has 1 spiro atoms. The highest BCUT2D eigenvalue weighted by molar-refractivity contribution is 5.95. The highest BCUT2D eigenvalue weighted by atomic mass is 19.1. The molecule has 0 radical (unpaired) electrons. The molecule has 6 rings (SSSR count). The summed E-state index contributed by atoms with van der Waals surface area (Å²) in [5, 5.41) is 8.12. The van der Waals surface area contributed by atoms with Gasteiger partial charge in [0, 0.05) is 24.9 Å². The first-order chi connectivity index (χ1) is 18.9. The Labute approximate surface area is 228 Å². The summed E-state index contributed by atoms with van der Waals surface area (Å²) in [4.78, 5) is 27.4. The van der Waals surface area contributed by atoms with Crippen molar-refractivity contribution < 1.29 is 9.18 Å². The number of aryl methyl sites for hydroxylation is 1. The quantitative estimate of drug-likeness (QED) is 0.330. The fraction of sp³-hybridized carbons (Fsp3) is 0.364. The molecule has 1 aliphatic carbocycles.